The topological polar surface area (TPSA) is 92.7 Å². The van der Waals surface area contributed by atoms with Gasteiger partial charge in [0.2, 0.25) is 5.76 Å². The smallest absolute Gasteiger partial charge is 0.371 e. The Labute approximate surface area is 108 Å². The van der Waals surface area contributed by atoms with Crippen LogP contribution in [-0.4, -0.2) is 26.7 Å². The van der Waals surface area contributed by atoms with Gasteiger partial charge in [-0.05, 0) is 37.6 Å². The Balaban J connectivity index is 2.37. The van der Waals surface area contributed by atoms with Gasteiger partial charge in [-0.1, -0.05) is 0 Å². The fraction of sp³-hybridized carbons (Fsp3) is 0.231. The lowest BCUT2D eigenvalue weighted by Gasteiger charge is -2.07. The van der Waals surface area contributed by atoms with E-state index in [0.29, 0.717) is 11.3 Å². The minimum absolute atomic E-state index is 0.159. The van der Waals surface area contributed by atoms with Gasteiger partial charge in [-0.2, -0.15) is 0 Å². The maximum atomic E-state index is 11.2. The van der Waals surface area contributed by atoms with Crippen molar-refractivity contribution in [3.63, 3.8) is 0 Å². The van der Waals surface area contributed by atoms with Crippen LogP contribution in [0.15, 0.2) is 22.6 Å². The monoisotopic (exact) mass is 263 g/mol. The minimum Gasteiger partial charge on any atom is -0.477 e. The Morgan fingerprint density at radius 2 is 1.89 bits per heavy atom. The van der Waals surface area contributed by atoms with Crippen molar-refractivity contribution >= 4 is 11.9 Å². The van der Waals surface area contributed by atoms with Crippen LogP contribution < -0.4 is 0 Å². The molecule has 0 spiro atoms. The molecule has 6 nitrogen and oxygen atoms in total. The van der Waals surface area contributed by atoms with Crippen LogP contribution >= 0.6 is 0 Å². The van der Waals surface area contributed by atoms with Crippen molar-refractivity contribution in [2.24, 2.45) is 0 Å². The lowest BCUT2D eigenvalue weighted by atomic mass is 10.2. The number of furan rings is 1. The molecule has 0 saturated carbocycles. The predicted molar refractivity (Wildman–Crippen MR) is 65.6 cm³/mol. The molecule has 2 aromatic rings. The highest BCUT2D eigenvalue weighted by Crippen LogP contribution is 2.18. The molecular weight excluding hydrogens is 250 g/mol. The van der Waals surface area contributed by atoms with Gasteiger partial charge in [-0.15, -0.1) is 0 Å². The Morgan fingerprint density at radius 3 is 2.42 bits per heavy atom. The quantitative estimate of drug-likeness (QED) is 0.881. The van der Waals surface area contributed by atoms with E-state index in [1.807, 2.05) is 0 Å². The summed E-state index contributed by atoms with van der Waals surface area (Å²) in [4.78, 5) is 21.9. The number of rotatable bonds is 4. The van der Waals surface area contributed by atoms with Crippen LogP contribution in [0.5, 0.6) is 0 Å². The minimum atomic E-state index is -1.15. The summed E-state index contributed by atoms with van der Waals surface area (Å²) in [7, 11) is 0. The lowest BCUT2D eigenvalue weighted by molar-refractivity contribution is 0.0653. The number of carboxylic acids is 2. The normalized spacial score (nSPS) is 10.6. The summed E-state index contributed by atoms with van der Waals surface area (Å²) in [6.07, 6.45) is 0. The number of aryl methyl sites for hydroxylation is 2. The first kappa shape index (κ1) is 12.9. The standard InChI is InChI=1S/C13H13NO5/c1-7-5-8(2)14(11(7)13(17)18)6-9-3-4-10(19-9)12(15)16/h3-5H,6H2,1-2H3,(H,15,16)(H,17,18). The van der Waals surface area contributed by atoms with E-state index in [2.05, 4.69) is 0 Å². The molecule has 0 bridgehead atoms. The summed E-state index contributed by atoms with van der Waals surface area (Å²) in [5, 5.41) is 18.0. The fourth-order valence-electron chi connectivity index (χ4n) is 2.07. The van der Waals surface area contributed by atoms with Crippen molar-refractivity contribution in [3.8, 4) is 0 Å². The van der Waals surface area contributed by atoms with Crippen molar-refractivity contribution in [3.05, 3.63) is 46.7 Å². The van der Waals surface area contributed by atoms with Crippen molar-refractivity contribution in [2.75, 3.05) is 0 Å². The lowest BCUT2D eigenvalue weighted by Crippen LogP contribution is -2.11. The number of hydrogen-bond donors (Lipinski definition) is 2. The molecule has 0 aliphatic rings. The second kappa shape index (κ2) is 4.64. The first-order chi connectivity index (χ1) is 8.90. The third-order valence-electron chi connectivity index (χ3n) is 2.88. The molecule has 19 heavy (non-hydrogen) atoms. The van der Waals surface area contributed by atoms with Crippen LogP contribution in [0.2, 0.25) is 0 Å². The largest absolute Gasteiger partial charge is 0.477 e. The maximum Gasteiger partial charge on any atom is 0.371 e. The van der Waals surface area contributed by atoms with Gasteiger partial charge in [0.1, 0.15) is 11.5 Å². The van der Waals surface area contributed by atoms with Crippen molar-refractivity contribution in [2.45, 2.75) is 20.4 Å². The third kappa shape index (κ3) is 2.37. The first-order valence-corrected chi connectivity index (χ1v) is 5.62. The second-order valence-corrected chi connectivity index (χ2v) is 4.28. The molecule has 2 rings (SSSR count). The van der Waals surface area contributed by atoms with E-state index in [0.717, 1.165) is 5.69 Å². The number of nitrogens with zero attached hydrogens (tertiary/aromatic N) is 1. The summed E-state index contributed by atoms with van der Waals surface area (Å²) < 4.78 is 6.72. The summed E-state index contributed by atoms with van der Waals surface area (Å²) >= 11 is 0. The highest BCUT2D eigenvalue weighted by molar-refractivity contribution is 5.88. The van der Waals surface area contributed by atoms with Crippen LogP contribution in [0, 0.1) is 13.8 Å². The van der Waals surface area contributed by atoms with Gasteiger partial charge in [0, 0.05) is 5.69 Å². The molecule has 0 aliphatic heterocycles. The van der Waals surface area contributed by atoms with E-state index in [1.54, 1.807) is 24.5 Å². The third-order valence-corrected chi connectivity index (χ3v) is 2.88. The summed E-state index contributed by atoms with van der Waals surface area (Å²) in [5.41, 5.74) is 1.63. The number of hydrogen-bond acceptors (Lipinski definition) is 3. The molecule has 0 aliphatic carbocycles. The Kier molecular flexibility index (Phi) is 3.16. The van der Waals surface area contributed by atoms with E-state index in [4.69, 9.17) is 9.52 Å². The van der Waals surface area contributed by atoms with Crippen molar-refractivity contribution in [1.82, 2.24) is 4.57 Å². The molecule has 0 radical (unpaired) electrons. The summed E-state index contributed by atoms with van der Waals surface area (Å²) in [6, 6.07) is 4.65. The van der Waals surface area contributed by atoms with Gasteiger partial charge in [-0.3, -0.25) is 0 Å². The SMILES string of the molecule is Cc1cc(C)n(Cc2ccc(C(=O)O)o2)c1C(=O)O. The Bertz CT molecular complexity index is 650. The van der Waals surface area contributed by atoms with Gasteiger partial charge in [-0.25, -0.2) is 9.59 Å². The van der Waals surface area contributed by atoms with Crippen LogP contribution in [0.1, 0.15) is 38.1 Å². The number of aromatic carboxylic acids is 2. The highest BCUT2D eigenvalue weighted by atomic mass is 16.4. The van der Waals surface area contributed by atoms with E-state index in [1.165, 1.54) is 12.1 Å². The number of aromatic nitrogens is 1. The molecule has 2 N–H and O–H groups in total. The van der Waals surface area contributed by atoms with Crippen molar-refractivity contribution < 1.29 is 24.2 Å². The van der Waals surface area contributed by atoms with Crippen LogP contribution in [0.3, 0.4) is 0 Å². The molecule has 0 unspecified atom stereocenters. The molecule has 100 valence electrons. The molecule has 0 aromatic carbocycles. The Hall–Kier alpha value is -2.50. The van der Waals surface area contributed by atoms with Gasteiger partial charge < -0.3 is 19.2 Å². The Morgan fingerprint density at radius 1 is 1.21 bits per heavy atom. The van der Waals surface area contributed by atoms with Gasteiger partial charge >= 0.3 is 11.9 Å². The fourth-order valence-corrected chi connectivity index (χ4v) is 2.07. The summed E-state index contributed by atoms with van der Waals surface area (Å²) in [6.45, 7) is 3.70. The predicted octanol–water partition coefficient (Wildman–Crippen LogP) is 2.14. The zero-order chi connectivity index (χ0) is 14.2. The van der Waals surface area contributed by atoms with Crippen LogP contribution in [0.4, 0.5) is 0 Å². The van der Waals surface area contributed by atoms with E-state index < -0.39 is 11.9 Å². The van der Waals surface area contributed by atoms with Gasteiger partial charge in [0.05, 0.1) is 6.54 Å². The number of carbonyl (C=O) groups is 2. The van der Waals surface area contributed by atoms with Crippen LogP contribution in [-0.2, 0) is 6.54 Å². The average molecular weight is 263 g/mol. The van der Waals surface area contributed by atoms with Gasteiger partial charge in [0.25, 0.3) is 0 Å². The highest BCUT2D eigenvalue weighted by Gasteiger charge is 2.18. The molecule has 0 saturated heterocycles. The number of carboxylic acid groups (broad SMARTS) is 2. The maximum absolute atomic E-state index is 11.2. The molecule has 6 heteroatoms. The molecule has 2 aromatic heterocycles. The second-order valence-electron chi connectivity index (χ2n) is 4.28. The molecule has 0 atom stereocenters. The van der Waals surface area contributed by atoms with E-state index >= 15 is 0 Å². The molecular formula is C13H13NO5. The van der Waals surface area contributed by atoms with E-state index in [9.17, 15) is 14.7 Å². The molecule has 0 fully saturated rings. The molecule has 2 heterocycles. The van der Waals surface area contributed by atoms with Crippen molar-refractivity contribution in [1.29, 1.82) is 0 Å². The first-order valence-electron chi connectivity index (χ1n) is 5.62. The van der Waals surface area contributed by atoms with Crippen LogP contribution in [0.25, 0.3) is 0 Å². The summed E-state index contributed by atoms with van der Waals surface area (Å²) in [5.74, 6) is -1.92. The molecule has 0 amide bonds. The average Bonchev–Trinajstić information content (AvgIpc) is 2.85. The van der Waals surface area contributed by atoms with E-state index in [-0.39, 0.29) is 18.0 Å². The van der Waals surface area contributed by atoms with Gasteiger partial charge in [0.15, 0.2) is 0 Å². The zero-order valence-electron chi connectivity index (χ0n) is 10.5. The zero-order valence-corrected chi connectivity index (χ0v) is 10.5.